The lowest BCUT2D eigenvalue weighted by molar-refractivity contribution is 0.112. The Morgan fingerprint density at radius 3 is 2.75 bits per heavy atom. The number of carbonyl (C=O) groups is 1. The van der Waals surface area contributed by atoms with E-state index in [4.69, 9.17) is 0 Å². The number of nitrogens with one attached hydrogen (secondary N) is 1. The van der Waals surface area contributed by atoms with Crippen molar-refractivity contribution in [1.82, 2.24) is 4.90 Å². The average molecular weight is 342 g/mol. The van der Waals surface area contributed by atoms with Gasteiger partial charge < -0.3 is 15.3 Å². The van der Waals surface area contributed by atoms with Crippen LogP contribution >= 0.6 is 11.3 Å². The van der Waals surface area contributed by atoms with E-state index in [1.54, 1.807) is 24.3 Å². The van der Waals surface area contributed by atoms with Gasteiger partial charge in [0.25, 0.3) is 0 Å². The maximum absolute atomic E-state index is 13.0. The van der Waals surface area contributed by atoms with Crippen LogP contribution in [0.4, 0.5) is 5.69 Å². The molecule has 0 aliphatic heterocycles. The van der Waals surface area contributed by atoms with E-state index >= 15 is 0 Å². The van der Waals surface area contributed by atoms with Gasteiger partial charge in [-0.1, -0.05) is 0 Å². The summed E-state index contributed by atoms with van der Waals surface area (Å²) in [5.41, 5.74) is 1.04. The standard InChI is InChI=1S/C18H18N2O3S/c1-20(2)8-7-19-14-5-3-11(10-21)18-16(14)17(23)13-9-12(22)4-6-15(13)24-18/h3-6,9-10,19,22H,7-8H2,1-2H3. The predicted molar refractivity (Wildman–Crippen MR) is 99.7 cm³/mol. The molecule has 24 heavy (non-hydrogen) atoms. The number of benzene rings is 2. The monoisotopic (exact) mass is 342 g/mol. The Hall–Kier alpha value is -2.44. The van der Waals surface area contributed by atoms with Crippen LogP contribution in [0.1, 0.15) is 10.4 Å². The minimum Gasteiger partial charge on any atom is -0.508 e. The number of rotatable bonds is 5. The van der Waals surface area contributed by atoms with Crippen molar-refractivity contribution in [3.05, 3.63) is 46.1 Å². The van der Waals surface area contributed by atoms with Crippen molar-refractivity contribution >= 4 is 43.5 Å². The van der Waals surface area contributed by atoms with Gasteiger partial charge in [0, 0.05) is 34.4 Å². The second-order valence-electron chi connectivity index (χ2n) is 5.87. The summed E-state index contributed by atoms with van der Waals surface area (Å²) in [6.07, 6.45) is 0.772. The molecule has 0 saturated carbocycles. The molecule has 3 rings (SSSR count). The van der Waals surface area contributed by atoms with E-state index in [9.17, 15) is 14.7 Å². The Labute approximate surface area is 143 Å². The van der Waals surface area contributed by atoms with Crippen LogP contribution in [-0.2, 0) is 0 Å². The van der Waals surface area contributed by atoms with Gasteiger partial charge in [0.1, 0.15) is 5.75 Å². The highest BCUT2D eigenvalue weighted by Crippen LogP contribution is 2.32. The van der Waals surface area contributed by atoms with Gasteiger partial charge in [0.15, 0.2) is 11.7 Å². The minimum atomic E-state index is -0.175. The first-order valence-corrected chi connectivity index (χ1v) is 8.39. The maximum Gasteiger partial charge on any atom is 0.198 e. The van der Waals surface area contributed by atoms with E-state index in [0.717, 1.165) is 17.5 Å². The van der Waals surface area contributed by atoms with Crippen LogP contribution < -0.4 is 10.7 Å². The molecule has 0 spiro atoms. The van der Waals surface area contributed by atoms with E-state index < -0.39 is 0 Å². The van der Waals surface area contributed by atoms with Gasteiger partial charge in [-0.2, -0.15) is 0 Å². The summed E-state index contributed by atoms with van der Waals surface area (Å²) in [5, 5.41) is 13.9. The second-order valence-corrected chi connectivity index (χ2v) is 6.92. The van der Waals surface area contributed by atoms with Crippen LogP contribution in [0, 0.1) is 0 Å². The molecule has 6 heteroatoms. The lowest BCUT2D eigenvalue weighted by Gasteiger charge is -2.14. The SMILES string of the molecule is CN(C)CCNc1ccc(C=O)c2sc3ccc(O)cc3c(=O)c12. The highest BCUT2D eigenvalue weighted by Gasteiger charge is 2.14. The maximum atomic E-state index is 13.0. The molecule has 124 valence electrons. The molecule has 0 radical (unpaired) electrons. The first-order chi connectivity index (χ1) is 11.5. The van der Waals surface area contributed by atoms with Gasteiger partial charge in [-0.3, -0.25) is 9.59 Å². The number of fused-ring (bicyclic) bond motifs is 2. The molecule has 0 amide bonds. The van der Waals surface area contributed by atoms with Crippen LogP contribution in [-0.4, -0.2) is 43.5 Å². The largest absolute Gasteiger partial charge is 0.508 e. The highest BCUT2D eigenvalue weighted by molar-refractivity contribution is 7.25. The molecule has 1 heterocycles. The van der Waals surface area contributed by atoms with Crippen LogP contribution in [0.2, 0.25) is 0 Å². The number of nitrogens with zero attached hydrogens (tertiary/aromatic N) is 1. The average Bonchev–Trinajstić information content (AvgIpc) is 2.55. The first-order valence-electron chi connectivity index (χ1n) is 7.57. The van der Waals surface area contributed by atoms with Crippen molar-refractivity contribution in [1.29, 1.82) is 0 Å². The smallest absolute Gasteiger partial charge is 0.198 e. The Balaban J connectivity index is 2.26. The molecule has 0 atom stereocenters. The van der Waals surface area contributed by atoms with Crippen molar-refractivity contribution in [2.75, 3.05) is 32.5 Å². The quantitative estimate of drug-likeness (QED) is 0.551. The molecule has 2 N–H and O–H groups in total. The molecular weight excluding hydrogens is 324 g/mol. The number of phenols is 1. The summed E-state index contributed by atoms with van der Waals surface area (Å²) in [6, 6.07) is 8.23. The lowest BCUT2D eigenvalue weighted by atomic mass is 10.1. The van der Waals surface area contributed by atoms with Crippen molar-refractivity contribution < 1.29 is 9.90 Å². The van der Waals surface area contributed by atoms with E-state index in [1.807, 2.05) is 19.0 Å². The van der Waals surface area contributed by atoms with Crippen LogP contribution in [0.15, 0.2) is 35.1 Å². The van der Waals surface area contributed by atoms with Crippen molar-refractivity contribution in [2.45, 2.75) is 0 Å². The van der Waals surface area contributed by atoms with Gasteiger partial charge in [-0.25, -0.2) is 0 Å². The van der Waals surface area contributed by atoms with E-state index in [2.05, 4.69) is 5.32 Å². The number of aldehydes is 1. The third-order valence-electron chi connectivity index (χ3n) is 3.84. The van der Waals surface area contributed by atoms with Crippen molar-refractivity contribution in [3.8, 4) is 5.75 Å². The number of phenolic OH excluding ortho intramolecular Hbond substituents is 1. The van der Waals surface area contributed by atoms with Crippen LogP contribution in [0.5, 0.6) is 5.75 Å². The summed E-state index contributed by atoms with van der Waals surface area (Å²) >= 11 is 1.39. The zero-order valence-electron chi connectivity index (χ0n) is 13.5. The number of anilines is 1. The Bertz CT molecular complexity index is 979. The van der Waals surface area contributed by atoms with Gasteiger partial charge >= 0.3 is 0 Å². The Morgan fingerprint density at radius 1 is 1.25 bits per heavy atom. The van der Waals surface area contributed by atoms with E-state index in [-0.39, 0.29) is 11.2 Å². The van der Waals surface area contributed by atoms with Gasteiger partial charge in [-0.15, -0.1) is 11.3 Å². The van der Waals surface area contributed by atoms with Crippen molar-refractivity contribution in [2.24, 2.45) is 0 Å². The fourth-order valence-electron chi connectivity index (χ4n) is 2.62. The molecule has 2 aromatic carbocycles. The normalized spacial score (nSPS) is 11.3. The number of aromatic hydroxyl groups is 1. The first kappa shape index (κ1) is 16.4. The summed E-state index contributed by atoms with van der Waals surface area (Å²) in [4.78, 5) is 26.4. The molecule has 0 fully saturated rings. The Kier molecular flexibility index (Phi) is 4.51. The summed E-state index contributed by atoms with van der Waals surface area (Å²) in [6.45, 7) is 1.51. The molecule has 0 aliphatic rings. The van der Waals surface area contributed by atoms with Crippen LogP contribution in [0.25, 0.3) is 20.2 Å². The molecule has 3 aromatic rings. The Morgan fingerprint density at radius 2 is 2.04 bits per heavy atom. The zero-order valence-corrected chi connectivity index (χ0v) is 14.3. The fraction of sp³-hybridized carbons (Fsp3) is 0.222. The molecule has 0 saturated heterocycles. The second kappa shape index (κ2) is 6.59. The van der Waals surface area contributed by atoms with E-state index in [0.29, 0.717) is 33.3 Å². The highest BCUT2D eigenvalue weighted by atomic mass is 32.1. The van der Waals surface area contributed by atoms with Gasteiger partial charge in [0.2, 0.25) is 0 Å². The molecule has 5 nitrogen and oxygen atoms in total. The zero-order chi connectivity index (χ0) is 17.3. The third kappa shape index (κ3) is 2.98. The molecule has 0 unspecified atom stereocenters. The predicted octanol–water partition coefficient (Wildman–Crippen LogP) is 2.91. The molecule has 0 aliphatic carbocycles. The number of hydrogen-bond acceptors (Lipinski definition) is 6. The summed E-state index contributed by atoms with van der Waals surface area (Å²) in [7, 11) is 3.96. The van der Waals surface area contributed by atoms with Crippen LogP contribution in [0.3, 0.4) is 0 Å². The van der Waals surface area contributed by atoms with Gasteiger partial charge in [-0.05, 0) is 44.4 Å². The summed E-state index contributed by atoms with van der Waals surface area (Å²) < 4.78 is 1.42. The number of likely N-dealkylation sites (N-methyl/N-ethyl adjacent to an activating group) is 1. The minimum absolute atomic E-state index is 0.0554. The lowest BCUT2D eigenvalue weighted by Crippen LogP contribution is -2.21. The third-order valence-corrected chi connectivity index (χ3v) is 5.06. The number of hydrogen-bond donors (Lipinski definition) is 2. The molecule has 0 bridgehead atoms. The number of carbonyl (C=O) groups excluding carboxylic acids is 1. The van der Waals surface area contributed by atoms with E-state index in [1.165, 1.54) is 17.4 Å². The molecular formula is C18H18N2O3S. The molecule has 1 aromatic heterocycles. The fourth-order valence-corrected chi connectivity index (χ4v) is 3.77. The van der Waals surface area contributed by atoms with Crippen molar-refractivity contribution in [3.63, 3.8) is 0 Å². The van der Waals surface area contributed by atoms with Gasteiger partial charge in [0.05, 0.1) is 10.1 Å². The topological polar surface area (TPSA) is 69.6 Å². The summed E-state index contributed by atoms with van der Waals surface area (Å²) in [5.74, 6) is 0.0554.